The Labute approximate surface area is 123 Å². The van der Waals surface area contributed by atoms with Crippen LogP contribution < -0.4 is 4.74 Å². The maximum absolute atomic E-state index is 10.8. The first-order valence-corrected chi connectivity index (χ1v) is 6.65. The molecule has 0 radical (unpaired) electrons. The van der Waals surface area contributed by atoms with Crippen LogP contribution in [0.3, 0.4) is 0 Å². The molecule has 0 spiro atoms. The van der Waals surface area contributed by atoms with Crippen LogP contribution in [-0.2, 0) is 11.2 Å². The van der Waals surface area contributed by atoms with E-state index in [9.17, 15) is 4.79 Å². The molecule has 98 valence electrons. The van der Waals surface area contributed by atoms with Crippen molar-refractivity contribution in [3.05, 3.63) is 57.5 Å². The van der Waals surface area contributed by atoms with Crippen LogP contribution in [0.4, 0.5) is 0 Å². The summed E-state index contributed by atoms with van der Waals surface area (Å²) in [7, 11) is 0. The molecule has 0 atom stereocenters. The molecule has 0 aliphatic rings. The van der Waals surface area contributed by atoms with Gasteiger partial charge in [-0.2, -0.15) is 0 Å². The molecule has 0 fully saturated rings. The molecule has 19 heavy (non-hydrogen) atoms. The second-order valence-electron chi connectivity index (χ2n) is 3.88. The molecule has 0 aliphatic heterocycles. The van der Waals surface area contributed by atoms with Gasteiger partial charge in [-0.1, -0.05) is 27.5 Å². The summed E-state index contributed by atoms with van der Waals surface area (Å²) in [5.41, 5.74) is 0.544. The molecular formula is C14H10BrClO3. The lowest BCUT2D eigenvalue weighted by Crippen LogP contribution is -2.02. The van der Waals surface area contributed by atoms with E-state index in [4.69, 9.17) is 21.4 Å². The Morgan fingerprint density at radius 2 is 1.89 bits per heavy atom. The summed E-state index contributed by atoms with van der Waals surface area (Å²) in [6.45, 7) is 0. The van der Waals surface area contributed by atoms with Crippen molar-refractivity contribution in [1.29, 1.82) is 0 Å². The molecule has 2 aromatic carbocycles. The predicted octanol–water partition coefficient (Wildman–Crippen LogP) is 4.52. The van der Waals surface area contributed by atoms with Gasteiger partial charge in [0.15, 0.2) is 0 Å². The molecule has 0 bridgehead atoms. The summed E-state index contributed by atoms with van der Waals surface area (Å²) < 4.78 is 6.62. The number of carboxylic acid groups (broad SMARTS) is 1. The van der Waals surface area contributed by atoms with Crippen molar-refractivity contribution in [2.24, 2.45) is 0 Å². The fourth-order valence-electron chi connectivity index (χ4n) is 1.58. The van der Waals surface area contributed by atoms with Crippen LogP contribution in [0.25, 0.3) is 0 Å². The number of halogens is 2. The van der Waals surface area contributed by atoms with Gasteiger partial charge in [0.05, 0.1) is 6.42 Å². The van der Waals surface area contributed by atoms with Crippen molar-refractivity contribution in [2.75, 3.05) is 0 Å². The molecule has 3 nitrogen and oxygen atoms in total. The minimum absolute atomic E-state index is 0.133. The fraction of sp³-hybridized carbons (Fsp3) is 0.0714. The highest BCUT2D eigenvalue weighted by Gasteiger charge is 2.10. The van der Waals surface area contributed by atoms with Crippen LogP contribution in [0.2, 0.25) is 5.02 Å². The number of hydrogen-bond acceptors (Lipinski definition) is 2. The maximum Gasteiger partial charge on any atom is 0.307 e. The van der Waals surface area contributed by atoms with Crippen molar-refractivity contribution in [2.45, 2.75) is 6.42 Å². The van der Waals surface area contributed by atoms with Crippen molar-refractivity contribution >= 4 is 33.5 Å². The summed E-state index contributed by atoms with van der Waals surface area (Å²) in [5, 5.41) is 9.37. The Kier molecular flexibility index (Phi) is 4.45. The van der Waals surface area contributed by atoms with E-state index in [1.807, 2.05) is 12.1 Å². The van der Waals surface area contributed by atoms with E-state index in [-0.39, 0.29) is 6.42 Å². The van der Waals surface area contributed by atoms with Gasteiger partial charge < -0.3 is 9.84 Å². The van der Waals surface area contributed by atoms with Crippen LogP contribution in [0, 0.1) is 0 Å². The number of hydrogen-bond donors (Lipinski definition) is 1. The second kappa shape index (κ2) is 6.08. The SMILES string of the molecule is O=C(O)Cc1cc(Cl)ccc1Oc1ccc(Br)cc1. The molecule has 0 heterocycles. The third-order valence-electron chi connectivity index (χ3n) is 2.41. The zero-order valence-corrected chi connectivity index (χ0v) is 12.1. The first-order valence-electron chi connectivity index (χ1n) is 5.48. The molecular weight excluding hydrogens is 332 g/mol. The topological polar surface area (TPSA) is 46.5 Å². The van der Waals surface area contributed by atoms with Gasteiger partial charge in [0, 0.05) is 15.1 Å². The Balaban J connectivity index is 2.28. The van der Waals surface area contributed by atoms with Gasteiger partial charge in [-0.3, -0.25) is 4.79 Å². The zero-order valence-electron chi connectivity index (χ0n) is 9.77. The number of carboxylic acids is 1. The summed E-state index contributed by atoms with van der Waals surface area (Å²) in [4.78, 5) is 10.8. The van der Waals surface area contributed by atoms with E-state index in [0.29, 0.717) is 22.1 Å². The van der Waals surface area contributed by atoms with Crippen molar-refractivity contribution in [1.82, 2.24) is 0 Å². The average molecular weight is 342 g/mol. The van der Waals surface area contributed by atoms with Gasteiger partial charge in [0.2, 0.25) is 0 Å². The first kappa shape index (κ1) is 13.9. The maximum atomic E-state index is 10.8. The van der Waals surface area contributed by atoms with Gasteiger partial charge in [0.1, 0.15) is 11.5 Å². The summed E-state index contributed by atoms with van der Waals surface area (Å²) >= 11 is 9.21. The smallest absolute Gasteiger partial charge is 0.307 e. The third-order valence-corrected chi connectivity index (χ3v) is 3.17. The van der Waals surface area contributed by atoms with E-state index in [2.05, 4.69) is 15.9 Å². The third kappa shape index (κ3) is 3.98. The van der Waals surface area contributed by atoms with E-state index in [1.165, 1.54) is 0 Å². The fourth-order valence-corrected chi connectivity index (χ4v) is 2.04. The minimum Gasteiger partial charge on any atom is -0.481 e. The largest absolute Gasteiger partial charge is 0.481 e. The first-order chi connectivity index (χ1) is 9.04. The van der Waals surface area contributed by atoms with Crippen LogP contribution in [0.5, 0.6) is 11.5 Å². The Morgan fingerprint density at radius 1 is 1.21 bits per heavy atom. The number of ether oxygens (including phenoxy) is 1. The van der Waals surface area contributed by atoms with Gasteiger partial charge >= 0.3 is 5.97 Å². The lowest BCUT2D eigenvalue weighted by atomic mass is 10.1. The summed E-state index contributed by atoms with van der Waals surface area (Å²) in [6, 6.07) is 12.2. The molecule has 5 heteroatoms. The number of aliphatic carboxylic acids is 1. The van der Waals surface area contributed by atoms with Gasteiger partial charge in [-0.15, -0.1) is 0 Å². The molecule has 2 rings (SSSR count). The zero-order chi connectivity index (χ0) is 13.8. The Bertz CT molecular complexity index is 596. The van der Waals surface area contributed by atoms with Crippen molar-refractivity contribution in [3.63, 3.8) is 0 Å². The molecule has 0 aromatic heterocycles. The van der Waals surface area contributed by atoms with Gasteiger partial charge in [-0.05, 0) is 42.5 Å². The molecule has 0 unspecified atom stereocenters. The summed E-state index contributed by atoms with van der Waals surface area (Å²) in [5.74, 6) is 0.203. The lowest BCUT2D eigenvalue weighted by molar-refractivity contribution is -0.136. The normalized spacial score (nSPS) is 10.2. The highest BCUT2D eigenvalue weighted by molar-refractivity contribution is 9.10. The molecule has 1 N–H and O–H groups in total. The molecule has 0 aliphatic carbocycles. The van der Waals surface area contributed by atoms with E-state index < -0.39 is 5.97 Å². The monoisotopic (exact) mass is 340 g/mol. The second-order valence-corrected chi connectivity index (χ2v) is 5.23. The number of rotatable bonds is 4. The van der Waals surface area contributed by atoms with Crippen LogP contribution in [0.1, 0.15) is 5.56 Å². The molecule has 0 amide bonds. The predicted molar refractivity (Wildman–Crippen MR) is 77.0 cm³/mol. The Hall–Kier alpha value is -1.52. The van der Waals surface area contributed by atoms with E-state index in [1.54, 1.807) is 30.3 Å². The molecule has 0 saturated heterocycles. The lowest BCUT2D eigenvalue weighted by Gasteiger charge is -2.10. The molecule has 2 aromatic rings. The van der Waals surface area contributed by atoms with Crippen molar-refractivity contribution in [3.8, 4) is 11.5 Å². The standard InChI is InChI=1S/C14H10BrClO3/c15-10-1-4-12(5-2-10)19-13-6-3-11(16)7-9(13)8-14(17)18/h1-7H,8H2,(H,17,18). The van der Waals surface area contributed by atoms with Crippen LogP contribution >= 0.6 is 27.5 Å². The van der Waals surface area contributed by atoms with Crippen LogP contribution in [-0.4, -0.2) is 11.1 Å². The Morgan fingerprint density at radius 3 is 2.53 bits per heavy atom. The van der Waals surface area contributed by atoms with E-state index in [0.717, 1.165) is 4.47 Å². The van der Waals surface area contributed by atoms with Crippen molar-refractivity contribution < 1.29 is 14.6 Å². The summed E-state index contributed by atoms with van der Waals surface area (Å²) in [6.07, 6.45) is -0.133. The van der Waals surface area contributed by atoms with Gasteiger partial charge in [0.25, 0.3) is 0 Å². The average Bonchev–Trinajstić information content (AvgIpc) is 2.34. The van der Waals surface area contributed by atoms with Gasteiger partial charge in [-0.25, -0.2) is 0 Å². The van der Waals surface area contributed by atoms with Crippen LogP contribution in [0.15, 0.2) is 46.9 Å². The highest BCUT2D eigenvalue weighted by atomic mass is 79.9. The van der Waals surface area contributed by atoms with E-state index >= 15 is 0 Å². The minimum atomic E-state index is -0.928. The number of benzene rings is 2. The molecule has 0 saturated carbocycles. The quantitative estimate of drug-likeness (QED) is 0.889. The number of carbonyl (C=O) groups is 1. The highest BCUT2D eigenvalue weighted by Crippen LogP contribution is 2.29.